The Bertz CT molecular complexity index is 1680. The standard InChI is InChI=1S/2C11H6BrCl2NO3S2/c2*12-9-3-4-10(19-9)20(17,18)15-11(16)7-2-1-6(13)5-8(7)14/h2*1-5H,(H,15,16). The molecule has 0 aliphatic carbocycles. The summed E-state index contributed by atoms with van der Waals surface area (Å²) in [6, 6.07) is 14.3. The van der Waals surface area contributed by atoms with Crippen molar-refractivity contribution in [2.45, 2.75) is 8.42 Å². The van der Waals surface area contributed by atoms with Crippen molar-refractivity contribution in [3.63, 3.8) is 0 Å². The Morgan fingerprint density at radius 1 is 0.600 bits per heavy atom. The maximum absolute atomic E-state index is 12.0. The first-order chi connectivity index (χ1) is 18.6. The van der Waals surface area contributed by atoms with Crippen LogP contribution in [0.1, 0.15) is 20.7 Å². The Labute approximate surface area is 274 Å². The topological polar surface area (TPSA) is 126 Å². The smallest absolute Gasteiger partial charge is 0.268 e. The van der Waals surface area contributed by atoms with Crippen molar-refractivity contribution >= 4 is 133 Å². The summed E-state index contributed by atoms with van der Waals surface area (Å²) in [5.74, 6) is -1.62. The molecule has 0 unspecified atom stereocenters. The van der Waals surface area contributed by atoms with Gasteiger partial charge in [0, 0.05) is 10.0 Å². The van der Waals surface area contributed by atoms with E-state index >= 15 is 0 Å². The third-order valence-electron chi connectivity index (χ3n) is 4.43. The molecule has 0 bridgehead atoms. The van der Waals surface area contributed by atoms with Crippen LogP contribution >= 0.6 is 101 Å². The average Bonchev–Trinajstić information content (AvgIpc) is 3.48. The van der Waals surface area contributed by atoms with Crippen LogP contribution in [-0.2, 0) is 20.0 Å². The average molecular weight is 830 g/mol. The summed E-state index contributed by atoms with van der Waals surface area (Å²) >= 11 is 31.5. The summed E-state index contributed by atoms with van der Waals surface area (Å²) in [6.07, 6.45) is 0. The van der Waals surface area contributed by atoms with Gasteiger partial charge in [-0.3, -0.25) is 9.59 Å². The lowest BCUT2D eigenvalue weighted by molar-refractivity contribution is 0.0972. The lowest BCUT2D eigenvalue weighted by Crippen LogP contribution is -2.30. The van der Waals surface area contributed by atoms with Gasteiger partial charge in [0.1, 0.15) is 8.42 Å². The van der Waals surface area contributed by atoms with E-state index in [1.54, 1.807) is 12.1 Å². The maximum Gasteiger partial charge on any atom is 0.273 e. The Morgan fingerprint density at radius 3 is 1.23 bits per heavy atom. The number of carbonyl (C=O) groups excluding carboxylic acids is 2. The molecule has 0 fully saturated rings. The van der Waals surface area contributed by atoms with Crippen LogP contribution in [0, 0.1) is 0 Å². The highest BCUT2D eigenvalue weighted by Gasteiger charge is 2.23. The first-order valence-electron chi connectivity index (χ1n) is 10.1. The van der Waals surface area contributed by atoms with Crippen LogP contribution in [0.4, 0.5) is 0 Å². The third kappa shape index (κ3) is 8.90. The summed E-state index contributed by atoms with van der Waals surface area (Å²) in [4.78, 5) is 23.9. The largest absolute Gasteiger partial charge is 0.273 e. The van der Waals surface area contributed by atoms with E-state index in [0.29, 0.717) is 17.6 Å². The summed E-state index contributed by atoms with van der Waals surface area (Å²) in [7, 11) is -7.83. The van der Waals surface area contributed by atoms with E-state index in [1.165, 1.54) is 48.5 Å². The third-order valence-corrected chi connectivity index (χ3v) is 12.4. The van der Waals surface area contributed by atoms with Crippen molar-refractivity contribution in [2.24, 2.45) is 0 Å². The summed E-state index contributed by atoms with van der Waals surface area (Å²) in [5.41, 5.74) is 0.0746. The van der Waals surface area contributed by atoms with Crippen molar-refractivity contribution in [2.75, 3.05) is 0 Å². The second-order valence-electron chi connectivity index (χ2n) is 7.23. The van der Waals surface area contributed by atoms with Gasteiger partial charge in [0.2, 0.25) is 0 Å². The van der Waals surface area contributed by atoms with E-state index in [-0.39, 0.29) is 29.6 Å². The van der Waals surface area contributed by atoms with Gasteiger partial charge in [-0.2, -0.15) is 0 Å². The summed E-state index contributed by atoms with van der Waals surface area (Å²) in [6.45, 7) is 0. The molecule has 2 aromatic heterocycles. The van der Waals surface area contributed by atoms with Crippen molar-refractivity contribution in [3.8, 4) is 0 Å². The molecule has 2 N–H and O–H groups in total. The Balaban J connectivity index is 0.000000220. The van der Waals surface area contributed by atoms with Crippen LogP contribution in [0.15, 0.2) is 76.7 Å². The predicted molar refractivity (Wildman–Crippen MR) is 166 cm³/mol. The molecule has 2 amide bonds. The van der Waals surface area contributed by atoms with Crippen LogP contribution in [0.5, 0.6) is 0 Å². The van der Waals surface area contributed by atoms with Gasteiger partial charge in [0.05, 0.1) is 28.7 Å². The highest BCUT2D eigenvalue weighted by Crippen LogP contribution is 2.28. The lowest BCUT2D eigenvalue weighted by atomic mass is 10.2. The number of thiophene rings is 2. The number of sulfonamides is 2. The Kier molecular flexibility index (Phi) is 11.5. The SMILES string of the molecule is O=C(NS(=O)(=O)c1ccc(Br)s1)c1ccc(Cl)cc1Cl.O=C(NS(=O)(=O)c1ccc(Br)s1)c1ccc(Cl)cc1Cl. The highest BCUT2D eigenvalue weighted by molar-refractivity contribution is 9.11. The Morgan fingerprint density at radius 2 is 0.950 bits per heavy atom. The molecule has 4 rings (SSSR count). The van der Waals surface area contributed by atoms with Gasteiger partial charge in [0.15, 0.2) is 0 Å². The van der Waals surface area contributed by atoms with Crippen LogP contribution in [-0.4, -0.2) is 28.6 Å². The number of nitrogens with one attached hydrogen (secondary N) is 2. The van der Waals surface area contributed by atoms with Gasteiger partial charge < -0.3 is 0 Å². The molecule has 0 aliphatic rings. The minimum Gasteiger partial charge on any atom is -0.268 e. The van der Waals surface area contributed by atoms with Crippen LogP contribution in [0.2, 0.25) is 20.1 Å². The minimum atomic E-state index is -3.92. The number of halogens is 6. The van der Waals surface area contributed by atoms with Crippen LogP contribution < -0.4 is 9.44 Å². The summed E-state index contributed by atoms with van der Waals surface area (Å²) < 4.78 is 53.3. The normalized spacial score (nSPS) is 11.3. The van der Waals surface area contributed by atoms with Gasteiger partial charge in [-0.1, -0.05) is 46.4 Å². The molecular formula is C22H12Br2Cl4N2O6S4. The first kappa shape index (κ1) is 33.3. The number of hydrogen-bond acceptors (Lipinski definition) is 8. The molecule has 0 radical (unpaired) electrons. The van der Waals surface area contributed by atoms with E-state index in [9.17, 15) is 26.4 Å². The van der Waals surface area contributed by atoms with Gasteiger partial charge in [-0.15, -0.1) is 22.7 Å². The second kappa shape index (κ2) is 13.8. The molecule has 0 spiro atoms. The fourth-order valence-corrected chi connectivity index (χ4v) is 9.63. The highest BCUT2D eigenvalue weighted by atomic mass is 79.9. The number of carbonyl (C=O) groups is 2. The van der Waals surface area contributed by atoms with Gasteiger partial charge >= 0.3 is 0 Å². The van der Waals surface area contributed by atoms with E-state index in [1.807, 2.05) is 9.44 Å². The molecule has 212 valence electrons. The molecule has 40 heavy (non-hydrogen) atoms. The molecule has 0 aliphatic heterocycles. The zero-order chi connectivity index (χ0) is 29.8. The Hall–Kier alpha value is -1.20. The fraction of sp³-hybridized carbons (Fsp3) is 0. The predicted octanol–water partition coefficient (Wildman–Crippen LogP) is 7.87. The van der Waals surface area contributed by atoms with Gasteiger partial charge in [0.25, 0.3) is 31.9 Å². The van der Waals surface area contributed by atoms with Crippen LogP contribution in [0.25, 0.3) is 0 Å². The molecule has 18 heteroatoms. The summed E-state index contributed by atoms with van der Waals surface area (Å²) in [5, 5.41) is 0.878. The molecule has 0 saturated carbocycles. The van der Waals surface area contributed by atoms with Crippen molar-refractivity contribution < 1.29 is 26.4 Å². The molecular weight excluding hydrogens is 818 g/mol. The molecule has 8 nitrogen and oxygen atoms in total. The molecule has 2 aromatic carbocycles. The quantitative estimate of drug-likeness (QED) is 0.204. The second-order valence-corrected chi connectivity index (χ2v) is 17.7. The number of amides is 2. The van der Waals surface area contributed by atoms with Crippen molar-refractivity contribution in [1.82, 2.24) is 9.44 Å². The molecule has 4 aromatic rings. The van der Waals surface area contributed by atoms with E-state index in [4.69, 9.17) is 46.4 Å². The van der Waals surface area contributed by atoms with Crippen molar-refractivity contribution in [1.29, 1.82) is 0 Å². The maximum atomic E-state index is 12.0. The number of hydrogen-bond donors (Lipinski definition) is 2. The van der Waals surface area contributed by atoms with E-state index in [0.717, 1.165) is 22.7 Å². The minimum absolute atomic E-state index is 0.0304. The number of rotatable bonds is 6. The van der Waals surface area contributed by atoms with Crippen LogP contribution in [0.3, 0.4) is 0 Å². The first-order valence-corrected chi connectivity index (χ1v) is 17.8. The zero-order valence-corrected chi connectivity index (χ0v) is 28.6. The fourth-order valence-electron chi connectivity index (χ4n) is 2.69. The lowest BCUT2D eigenvalue weighted by Gasteiger charge is -2.06. The molecule has 0 atom stereocenters. The van der Waals surface area contributed by atoms with Crippen molar-refractivity contribution in [3.05, 3.63) is 99.5 Å². The zero-order valence-electron chi connectivity index (χ0n) is 19.1. The van der Waals surface area contributed by atoms with Gasteiger partial charge in [-0.25, -0.2) is 26.3 Å². The van der Waals surface area contributed by atoms with E-state index in [2.05, 4.69) is 31.9 Å². The van der Waals surface area contributed by atoms with E-state index < -0.39 is 31.9 Å². The number of benzene rings is 2. The van der Waals surface area contributed by atoms with Gasteiger partial charge in [-0.05, 0) is 92.5 Å². The molecule has 2 heterocycles. The molecule has 0 saturated heterocycles. The monoisotopic (exact) mass is 826 g/mol.